The van der Waals surface area contributed by atoms with E-state index in [-0.39, 0.29) is 23.7 Å². The number of ether oxygens (including phenoxy) is 1. The van der Waals surface area contributed by atoms with E-state index in [4.69, 9.17) is 9.15 Å². The lowest BCUT2D eigenvalue weighted by Crippen LogP contribution is -2.31. The van der Waals surface area contributed by atoms with Gasteiger partial charge in [-0.15, -0.1) is 0 Å². The molecular formula is C23H27N3O4. The molecule has 0 bridgehead atoms. The molecule has 0 saturated carbocycles. The normalized spacial score (nSPS) is 14.7. The number of para-hydroxylation sites is 1. The molecule has 4 rings (SSSR count). The minimum absolute atomic E-state index is 0.0594. The number of fused-ring (bicyclic) bond motifs is 1. The van der Waals surface area contributed by atoms with Gasteiger partial charge >= 0.3 is 0 Å². The molecule has 0 radical (unpaired) electrons. The van der Waals surface area contributed by atoms with Crippen LogP contribution in [0.15, 0.2) is 52.0 Å². The highest BCUT2D eigenvalue weighted by atomic mass is 16.5. The number of carbonyl (C=O) groups is 1. The van der Waals surface area contributed by atoms with Crippen molar-refractivity contribution in [1.82, 2.24) is 15.2 Å². The Kier molecular flexibility index (Phi) is 6.49. The number of benzene rings is 1. The number of amides is 1. The topological polar surface area (TPSA) is 87.6 Å². The highest BCUT2D eigenvalue weighted by Gasteiger charge is 2.13. The Balaban J connectivity index is 1.23. The minimum atomic E-state index is -0.272. The summed E-state index contributed by atoms with van der Waals surface area (Å²) in [7, 11) is 0. The number of rotatable bonds is 8. The predicted molar refractivity (Wildman–Crippen MR) is 115 cm³/mol. The Labute approximate surface area is 175 Å². The molecule has 3 heterocycles. The van der Waals surface area contributed by atoms with Crippen LogP contribution in [0, 0.1) is 0 Å². The monoisotopic (exact) mass is 409 g/mol. The molecule has 7 heteroatoms. The number of H-pyrrole nitrogens is 1. The van der Waals surface area contributed by atoms with Crippen molar-refractivity contribution in [2.45, 2.75) is 32.2 Å². The third-order valence-electron chi connectivity index (χ3n) is 5.43. The lowest BCUT2D eigenvalue weighted by molar-refractivity contribution is -0.123. The standard InChI is InChI=1S/C23H27N3O4/c27-21-12-18(14-26-10-4-1-5-11-26)29-15-22(21)30-16-23(28)24-9-8-17-13-25-20-7-3-2-6-19(17)20/h2-3,6-7,12-13,15,25H,1,4-5,8-11,14,16H2,(H,24,28). The third kappa shape index (κ3) is 5.10. The molecule has 3 aromatic rings. The number of nitrogens with zero attached hydrogens (tertiary/aromatic N) is 1. The van der Waals surface area contributed by atoms with Crippen LogP contribution >= 0.6 is 0 Å². The van der Waals surface area contributed by atoms with Crippen molar-refractivity contribution in [1.29, 1.82) is 0 Å². The number of aromatic amines is 1. The molecule has 1 fully saturated rings. The molecule has 1 amide bonds. The summed E-state index contributed by atoms with van der Waals surface area (Å²) in [5, 5.41) is 3.98. The second kappa shape index (κ2) is 9.63. The quantitative estimate of drug-likeness (QED) is 0.597. The number of carbonyl (C=O) groups excluding carboxylic acids is 1. The van der Waals surface area contributed by atoms with E-state index >= 15 is 0 Å². The molecule has 1 saturated heterocycles. The summed E-state index contributed by atoms with van der Waals surface area (Å²) in [4.78, 5) is 29.8. The zero-order valence-corrected chi connectivity index (χ0v) is 17.0. The van der Waals surface area contributed by atoms with E-state index < -0.39 is 0 Å². The van der Waals surface area contributed by atoms with Crippen LogP contribution in [-0.4, -0.2) is 42.0 Å². The molecule has 0 spiro atoms. The van der Waals surface area contributed by atoms with E-state index in [1.807, 2.05) is 24.4 Å². The second-order valence-electron chi connectivity index (χ2n) is 7.66. The first-order valence-corrected chi connectivity index (χ1v) is 10.5. The van der Waals surface area contributed by atoms with Crippen LogP contribution in [0.2, 0.25) is 0 Å². The van der Waals surface area contributed by atoms with Crippen LogP contribution in [0.25, 0.3) is 10.9 Å². The molecule has 0 unspecified atom stereocenters. The number of hydrogen-bond donors (Lipinski definition) is 2. The van der Waals surface area contributed by atoms with Crippen molar-refractivity contribution in [3.63, 3.8) is 0 Å². The van der Waals surface area contributed by atoms with Gasteiger partial charge in [-0.05, 0) is 44.0 Å². The van der Waals surface area contributed by atoms with Gasteiger partial charge < -0.3 is 19.5 Å². The fourth-order valence-electron chi connectivity index (χ4n) is 3.83. The second-order valence-corrected chi connectivity index (χ2v) is 7.66. The van der Waals surface area contributed by atoms with Crippen LogP contribution in [0.4, 0.5) is 0 Å². The molecular weight excluding hydrogens is 382 g/mol. The Hall–Kier alpha value is -3.06. The fourth-order valence-corrected chi connectivity index (χ4v) is 3.83. The summed E-state index contributed by atoms with van der Waals surface area (Å²) in [6.45, 7) is 2.96. The Morgan fingerprint density at radius 2 is 2.03 bits per heavy atom. The highest BCUT2D eigenvalue weighted by Crippen LogP contribution is 2.17. The molecule has 1 aromatic carbocycles. The van der Waals surface area contributed by atoms with Crippen LogP contribution in [-0.2, 0) is 17.8 Å². The molecule has 2 N–H and O–H groups in total. The van der Waals surface area contributed by atoms with Gasteiger partial charge in [0, 0.05) is 29.7 Å². The summed E-state index contributed by atoms with van der Waals surface area (Å²) >= 11 is 0. The van der Waals surface area contributed by atoms with Crippen molar-refractivity contribution in [2.75, 3.05) is 26.2 Å². The van der Waals surface area contributed by atoms with Gasteiger partial charge in [-0.3, -0.25) is 14.5 Å². The van der Waals surface area contributed by atoms with Crippen molar-refractivity contribution in [3.8, 4) is 5.75 Å². The average molecular weight is 409 g/mol. The first-order chi connectivity index (χ1) is 14.7. The van der Waals surface area contributed by atoms with E-state index in [9.17, 15) is 9.59 Å². The molecule has 1 aliphatic rings. The van der Waals surface area contributed by atoms with Gasteiger partial charge in [0.05, 0.1) is 6.54 Å². The number of hydrogen-bond acceptors (Lipinski definition) is 5. The van der Waals surface area contributed by atoms with Crippen molar-refractivity contribution in [2.24, 2.45) is 0 Å². The first kappa shape index (κ1) is 20.2. The van der Waals surface area contributed by atoms with E-state index in [0.29, 0.717) is 25.3 Å². The van der Waals surface area contributed by atoms with Crippen LogP contribution < -0.4 is 15.5 Å². The van der Waals surface area contributed by atoms with Gasteiger partial charge in [0.1, 0.15) is 12.0 Å². The third-order valence-corrected chi connectivity index (χ3v) is 5.43. The van der Waals surface area contributed by atoms with Crippen LogP contribution in [0.1, 0.15) is 30.6 Å². The molecule has 0 aliphatic carbocycles. The minimum Gasteiger partial charge on any atom is -0.477 e. The first-order valence-electron chi connectivity index (χ1n) is 10.5. The van der Waals surface area contributed by atoms with E-state index in [1.165, 1.54) is 31.6 Å². The number of nitrogens with one attached hydrogen (secondary N) is 2. The van der Waals surface area contributed by atoms with Crippen molar-refractivity contribution < 1.29 is 13.9 Å². The Bertz CT molecular complexity index is 1050. The SMILES string of the molecule is O=C(COc1coc(CN2CCCCC2)cc1=O)NCCc1c[nH]c2ccccc12. The highest BCUT2D eigenvalue weighted by molar-refractivity contribution is 5.83. The summed E-state index contributed by atoms with van der Waals surface area (Å²) < 4.78 is 10.9. The average Bonchev–Trinajstić information content (AvgIpc) is 3.17. The molecule has 30 heavy (non-hydrogen) atoms. The molecule has 2 aromatic heterocycles. The number of aromatic nitrogens is 1. The Morgan fingerprint density at radius 1 is 1.20 bits per heavy atom. The zero-order chi connectivity index (χ0) is 20.8. The summed E-state index contributed by atoms with van der Waals surface area (Å²) in [6.07, 6.45) is 7.60. The number of piperidine rings is 1. The largest absolute Gasteiger partial charge is 0.477 e. The van der Waals surface area contributed by atoms with Gasteiger partial charge in [0.2, 0.25) is 11.2 Å². The predicted octanol–water partition coefficient (Wildman–Crippen LogP) is 2.84. The summed E-state index contributed by atoms with van der Waals surface area (Å²) in [5.41, 5.74) is 1.97. The van der Waals surface area contributed by atoms with E-state index in [1.54, 1.807) is 0 Å². The maximum Gasteiger partial charge on any atom is 0.257 e. The number of likely N-dealkylation sites (tertiary alicyclic amines) is 1. The summed E-state index contributed by atoms with van der Waals surface area (Å²) in [6, 6.07) is 9.52. The van der Waals surface area contributed by atoms with Gasteiger partial charge in [-0.2, -0.15) is 0 Å². The molecule has 0 atom stereocenters. The fraction of sp³-hybridized carbons (Fsp3) is 0.391. The Morgan fingerprint density at radius 3 is 2.87 bits per heavy atom. The van der Waals surface area contributed by atoms with Gasteiger partial charge in [-0.1, -0.05) is 24.6 Å². The van der Waals surface area contributed by atoms with E-state index in [0.717, 1.165) is 29.6 Å². The van der Waals surface area contributed by atoms with Gasteiger partial charge in [0.15, 0.2) is 6.61 Å². The smallest absolute Gasteiger partial charge is 0.257 e. The summed E-state index contributed by atoms with van der Waals surface area (Å²) in [5.74, 6) is 0.410. The maximum atomic E-state index is 12.2. The molecule has 158 valence electrons. The van der Waals surface area contributed by atoms with Crippen LogP contribution in [0.5, 0.6) is 5.75 Å². The lowest BCUT2D eigenvalue weighted by atomic mass is 10.1. The van der Waals surface area contributed by atoms with E-state index in [2.05, 4.69) is 21.3 Å². The molecule has 1 aliphatic heterocycles. The lowest BCUT2D eigenvalue weighted by Gasteiger charge is -2.25. The maximum absolute atomic E-state index is 12.2. The van der Waals surface area contributed by atoms with Gasteiger partial charge in [0.25, 0.3) is 5.91 Å². The molecule has 7 nitrogen and oxygen atoms in total. The van der Waals surface area contributed by atoms with Crippen LogP contribution in [0.3, 0.4) is 0 Å². The van der Waals surface area contributed by atoms with Crippen molar-refractivity contribution in [3.05, 3.63) is 64.3 Å². The zero-order valence-electron chi connectivity index (χ0n) is 17.0. The van der Waals surface area contributed by atoms with Gasteiger partial charge in [-0.25, -0.2) is 0 Å². The van der Waals surface area contributed by atoms with Crippen molar-refractivity contribution >= 4 is 16.8 Å².